The van der Waals surface area contributed by atoms with E-state index in [-0.39, 0.29) is 6.04 Å². The van der Waals surface area contributed by atoms with E-state index in [2.05, 4.69) is 28.7 Å². The summed E-state index contributed by atoms with van der Waals surface area (Å²) in [6.07, 6.45) is 2.50. The lowest BCUT2D eigenvalue weighted by atomic mass is 10.0. The summed E-state index contributed by atoms with van der Waals surface area (Å²) in [5.74, 6) is 0.661. The zero-order chi connectivity index (χ0) is 9.42. The van der Waals surface area contributed by atoms with Crippen molar-refractivity contribution in [2.24, 2.45) is 11.7 Å². The smallest absolute Gasteiger partial charge is 0.0464 e. The lowest BCUT2D eigenvalue weighted by Crippen LogP contribution is -2.14. The Morgan fingerprint density at radius 3 is 2.69 bits per heavy atom. The van der Waals surface area contributed by atoms with Gasteiger partial charge < -0.3 is 5.73 Å². The average molecular weight is 308 g/mol. The predicted molar refractivity (Wildman–Crippen MR) is 63.8 cm³/mol. The van der Waals surface area contributed by atoms with Crippen LogP contribution >= 0.6 is 34.2 Å². The Kier molecular flexibility index (Phi) is 2.81. The minimum absolute atomic E-state index is 0.139. The molecule has 13 heavy (non-hydrogen) atoms. The summed E-state index contributed by atoms with van der Waals surface area (Å²) >= 11 is 8.41. The molecule has 0 unspecified atom stereocenters. The molecule has 0 spiro atoms. The van der Waals surface area contributed by atoms with E-state index in [1.54, 1.807) is 0 Å². The molecule has 0 radical (unpaired) electrons. The lowest BCUT2D eigenvalue weighted by Gasteiger charge is -2.14. The summed E-state index contributed by atoms with van der Waals surface area (Å²) in [6, 6.07) is 6.08. The van der Waals surface area contributed by atoms with E-state index in [1.807, 2.05) is 12.1 Å². The van der Waals surface area contributed by atoms with E-state index in [9.17, 15) is 0 Å². The van der Waals surface area contributed by atoms with Crippen molar-refractivity contribution >= 4 is 34.2 Å². The molecule has 1 aromatic rings. The maximum atomic E-state index is 6.11. The number of halogens is 2. The number of benzene rings is 1. The fourth-order valence-corrected chi connectivity index (χ4v) is 2.84. The molecule has 3 heteroatoms. The van der Waals surface area contributed by atoms with Crippen LogP contribution in [0, 0.1) is 9.49 Å². The van der Waals surface area contributed by atoms with Crippen LogP contribution in [-0.4, -0.2) is 0 Å². The molecular formula is C10H11ClIN. The van der Waals surface area contributed by atoms with Crippen LogP contribution in [0.5, 0.6) is 0 Å². The van der Waals surface area contributed by atoms with Crippen molar-refractivity contribution in [2.45, 2.75) is 18.9 Å². The van der Waals surface area contributed by atoms with Crippen LogP contribution in [0.25, 0.3) is 0 Å². The zero-order valence-corrected chi connectivity index (χ0v) is 10.0. The van der Waals surface area contributed by atoms with Gasteiger partial charge in [-0.25, -0.2) is 0 Å². The van der Waals surface area contributed by atoms with Crippen LogP contribution in [0.3, 0.4) is 0 Å². The Morgan fingerprint density at radius 1 is 1.46 bits per heavy atom. The first kappa shape index (κ1) is 9.74. The normalized spacial score (nSPS) is 18.7. The number of hydrogen-bond donors (Lipinski definition) is 1. The second-order valence-electron chi connectivity index (χ2n) is 3.50. The Bertz CT molecular complexity index is 302. The summed E-state index contributed by atoms with van der Waals surface area (Å²) in [4.78, 5) is 0. The molecule has 2 rings (SSSR count). The van der Waals surface area contributed by atoms with Gasteiger partial charge in [-0.1, -0.05) is 17.7 Å². The third-order valence-corrected chi connectivity index (χ3v) is 3.73. The highest BCUT2D eigenvalue weighted by atomic mass is 127. The Balaban J connectivity index is 2.36. The van der Waals surface area contributed by atoms with E-state index >= 15 is 0 Å². The Labute approximate surface area is 96.8 Å². The molecule has 1 saturated carbocycles. The Morgan fingerprint density at radius 2 is 2.15 bits per heavy atom. The van der Waals surface area contributed by atoms with Crippen molar-refractivity contribution in [3.05, 3.63) is 32.4 Å². The van der Waals surface area contributed by atoms with Crippen molar-refractivity contribution in [2.75, 3.05) is 0 Å². The number of hydrogen-bond acceptors (Lipinski definition) is 1. The molecule has 1 aliphatic carbocycles. The number of rotatable bonds is 2. The molecule has 1 aliphatic rings. The maximum absolute atomic E-state index is 6.11. The second-order valence-corrected chi connectivity index (χ2v) is 5.07. The van der Waals surface area contributed by atoms with Crippen LogP contribution in [0.2, 0.25) is 5.02 Å². The lowest BCUT2D eigenvalue weighted by molar-refractivity contribution is 0.631. The third-order valence-electron chi connectivity index (χ3n) is 2.46. The van der Waals surface area contributed by atoms with Crippen molar-refractivity contribution < 1.29 is 0 Å². The largest absolute Gasteiger partial charge is 0.324 e. The van der Waals surface area contributed by atoms with Crippen molar-refractivity contribution in [1.29, 1.82) is 0 Å². The molecule has 70 valence electrons. The Hall–Kier alpha value is 0.200. The van der Waals surface area contributed by atoms with Crippen LogP contribution in [-0.2, 0) is 0 Å². The van der Waals surface area contributed by atoms with Gasteiger partial charge >= 0.3 is 0 Å². The van der Waals surface area contributed by atoms with E-state index in [4.69, 9.17) is 17.3 Å². The van der Waals surface area contributed by atoms with Gasteiger partial charge in [0, 0.05) is 20.2 Å². The molecule has 1 atom stereocenters. The predicted octanol–water partition coefficient (Wildman–Crippen LogP) is 3.35. The molecule has 2 N–H and O–H groups in total. The zero-order valence-electron chi connectivity index (χ0n) is 7.13. The molecule has 0 amide bonds. The first-order valence-corrected chi connectivity index (χ1v) is 5.85. The molecule has 0 aromatic heterocycles. The van der Waals surface area contributed by atoms with Crippen LogP contribution in [0.1, 0.15) is 24.4 Å². The van der Waals surface area contributed by atoms with Gasteiger partial charge in [0.25, 0.3) is 0 Å². The molecule has 0 saturated heterocycles. The van der Waals surface area contributed by atoms with Gasteiger partial charge in [-0.05, 0) is 53.5 Å². The summed E-state index contributed by atoms with van der Waals surface area (Å²) < 4.78 is 1.18. The number of nitrogens with two attached hydrogens (primary N) is 1. The van der Waals surface area contributed by atoms with Gasteiger partial charge in [0.15, 0.2) is 0 Å². The van der Waals surface area contributed by atoms with Crippen molar-refractivity contribution in [3.8, 4) is 0 Å². The summed E-state index contributed by atoms with van der Waals surface area (Å²) in [5, 5.41) is 0.811. The monoisotopic (exact) mass is 307 g/mol. The first-order chi connectivity index (χ1) is 6.20. The maximum Gasteiger partial charge on any atom is 0.0464 e. The highest BCUT2D eigenvalue weighted by molar-refractivity contribution is 14.1. The van der Waals surface area contributed by atoms with Gasteiger partial charge in [-0.2, -0.15) is 0 Å². The summed E-state index contributed by atoms with van der Waals surface area (Å²) in [6.45, 7) is 0. The highest BCUT2D eigenvalue weighted by Gasteiger charge is 2.31. The molecule has 1 aromatic carbocycles. The standard InChI is InChI=1S/C10H11ClIN/c11-7-2-1-3-8(12)9(7)10(13)6-4-5-6/h1-3,6,10H,4-5,13H2/t10-/m1/s1. The molecule has 0 heterocycles. The van der Waals surface area contributed by atoms with E-state index in [0.717, 1.165) is 10.6 Å². The van der Waals surface area contributed by atoms with E-state index in [0.29, 0.717) is 5.92 Å². The van der Waals surface area contributed by atoms with Crippen LogP contribution in [0.15, 0.2) is 18.2 Å². The summed E-state index contributed by atoms with van der Waals surface area (Å²) in [7, 11) is 0. The van der Waals surface area contributed by atoms with Gasteiger partial charge in [0.2, 0.25) is 0 Å². The van der Waals surface area contributed by atoms with Crippen LogP contribution < -0.4 is 5.73 Å². The van der Waals surface area contributed by atoms with E-state index < -0.39 is 0 Å². The van der Waals surface area contributed by atoms with Gasteiger partial charge in [-0.3, -0.25) is 0 Å². The van der Waals surface area contributed by atoms with Crippen molar-refractivity contribution in [3.63, 3.8) is 0 Å². The fourth-order valence-electron chi connectivity index (χ4n) is 1.52. The SMILES string of the molecule is N[C@@H](c1c(Cl)cccc1I)C1CC1. The topological polar surface area (TPSA) is 26.0 Å². The second kappa shape index (κ2) is 3.75. The van der Waals surface area contributed by atoms with Crippen LogP contribution in [0.4, 0.5) is 0 Å². The summed E-state index contributed by atoms with van der Waals surface area (Å²) in [5.41, 5.74) is 7.24. The molecule has 1 nitrogen and oxygen atoms in total. The highest BCUT2D eigenvalue weighted by Crippen LogP contribution is 2.42. The van der Waals surface area contributed by atoms with E-state index in [1.165, 1.54) is 16.4 Å². The molecule has 1 fully saturated rings. The fraction of sp³-hybridized carbons (Fsp3) is 0.400. The molecular weight excluding hydrogens is 296 g/mol. The van der Waals surface area contributed by atoms with Crippen molar-refractivity contribution in [1.82, 2.24) is 0 Å². The minimum atomic E-state index is 0.139. The van der Waals surface area contributed by atoms with Gasteiger partial charge in [0.05, 0.1) is 0 Å². The van der Waals surface area contributed by atoms with Gasteiger partial charge in [-0.15, -0.1) is 0 Å². The average Bonchev–Trinajstić information content (AvgIpc) is 2.85. The molecule has 0 bridgehead atoms. The third kappa shape index (κ3) is 2.00. The quantitative estimate of drug-likeness (QED) is 0.833. The van der Waals surface area contributed by atoms with Gasteiger partial charge in [0.1, 0.15) is 0 Å². The minimum Gasteiger partial charge on any atom is -0.324 e. The molecule has 0 aliphatic heterocycles. The first-order valence-electron chi connectivity index (χ1n) is 4.39.